The fraction of sp³-hybridized carbons (Fsp3) is 0.368. The topological polar surface area (TPSA) is 56.4 Å². The first-order valence-corrected chi connectivity index (χ1v) is 9.66. The maximum atomic E-state index is 12.4. The Labute approximate surface area is 151 Å². The van der Waals surface area contributed by atoms with Gasteiger partial charge in [0, 0.05) is 61.0 Å². The largest absolute Gasteiger partial charge is 0.361 e. The number of hydrogen-bond donors (Lipinski definition) is 1. The minimum absolute atomic E-state index is 0.105. The number of nitrogens with one attached hydrogen (secondary N) is 1. The summed E-state index contributed by atoms with van der Waals surface area (Å²) >= 11 is 1.34. The van der Waals surface area contributed by atoms with Crippen molar-refractivity contribution in [2.24, 2.45) is 0 Å². The predicted octanol–water partition coefficient (Wildman–Crippen LogP) is 3.34. The van der Waals surface area contributed by atoms with Gasteiger partial charge in [-0.3, -0.25) is 9.59 Å². The zero-order valence-corrected chi connectivity index (χ0v) is 14.8. The quantitative estimate of drug-likeness (QED) is 0.915. The lowest BCUT2D eigenvalue weighted by Gasteiger charge is -2.27. The summed E-state index contributed by atoms with van der Waals surface area (Å²) in [5.41, 5.74) is 3.68. The molecule has 0 bridgehead atoms. The lowest BCUT2D eigenvalue weighted by Crippen LogP contribution is -2.37. The van der Waals surface area contributed by atoms with Crippen LogP contribution in [0.25, 0.3) is 16.5 Å². The molecule has 1 aromatic heterocycles. The number of aromatic amines is 1. The highest BCUT2D eigenvalue weighted by atomic mass is 32.2. The molecule has 2 aliphatic rings. The molecule has 0 aliphatic carbocycles. The van der Waals surface area contributed by atoms with Crippen molar-refractivity contribution >= 4 is 39.4 Å². The first-order valence-electron chi connectivity index (χ1n) is 8.67. The summed E-state index contributed by atoms with van der Waals surface area (Å²) < 4.78 is 0. The number of nitrogens with zero attached hydrogens (tertiary/aromatic N) is 2. The Kier molecular flexibility index (Phi) is 4.53. The van der Waals surface area contributed by atoms with Crippen LogP contribution in [-0.2, 0) is 4.79 Å². The van der Waals surface area contributed by atoms with Gasteiger partial charge in [-0.05, 0) is 18.1 Å². The molecule has 2 aromatic rings. The van der Waals surface area contributed by atoms with Gasteiger partial charge in [-0.2, -0.15) is 0 Å². The molecule has 1 aromatic carbocycles. The highest BCUT2D eigenvalue weighted by Crippen LogP contribution is 2.29. The summed E-state index contributed by atoms with van der Waals surface area (Å²) in [6.07, 6.45) is 5.51. The predicted molar refractivity (Wildman–Crippen MR) is 102 cm³/mol. The van der Waals surface area contributed by atoms with E-state index in [9.17, 15) is 9.59 Å². The van der Waals surface area contributed by atoms with Gasteiger partial charge in [-0.1, -0.05) is 36.0 Å². The SMILES string of the molecule is O=C(CCN1CCSC1=O)N1CC=C(c2c[nH]c3ccccc23)CC1. The normalized spacial score (nSPS) is 18.1. The van der Waals surface area contributed by atoms with Crippen molar-refractivity contribution in [2.75, 3.05) is 31.9 Å². The van der Waals surface area contributed by atoms with Crippen LogP contribution in [0.1, 0.15) is 18.4 Å². The summed E-state index contributed by atoms with van der Waals surface area (Å²) in [5.74, 6) is 0.979. The molecular weight excluding hydrogens is 334 g/mol. The first-order chi connectivity index (χ1) is 12.2. The molecule has 1 saturated heterocycles. The number of H-pyrrole nitrogens is 1. The van der Waals surface area contributed by atoms with Crippen molar-refractivity contribution in [1.82, 2.24) is 14.8 Å². The molecule has 3 heterocycles. The minimum atomic E-state index is 0.105. The van der Waals surface area contributed by atoms with Crippen LogP contribution in [0.2, 0.25) is 0 Å². The average Bonchev–Trinajstić information content (AvgIpc) is 3.26. The van der Waals surface area contributed by atoms with Crippen molar-refractivity contribution in [3.05, 3.63) is 42.1 Å². The summed E-state index contributed by atoms with van der Waals surface area (Å²) in [5, 5.41) is 1.34. The average molecular weight is 355 g/mol. The van der Waals surface area contributed by atoms with E-state index in [0.29, 0.717) is 19.5 Å². The van der Waals surface area contributed by atoms with E-state index >= 15 is 0 Å². The Balaban J connectivity index is 1.38. The number of fused-ring (bicyclic) bond motifs is 1. The Morgan fingerprint density at radius 1 is 1.24 bits per heavy atom. The molecule has 0 unspecified atom stereocenters. The standard InChI is InChI=1S/C19H21N3O2S/c23-18(7-10-22-11-12-25-19(22)24)21-8-5-14(6-9-21)16-13-20-17-4-2-1-3-15(16)17/h1-5,13,20H,6-12H2. The lowest BCUT2D eigenvalue weighted by atomic mass is 9.99. The number of amides is 2. The van der Waals surface area contributed by atoms with Crippen LogP contribution in [0.5, 0.6) is 0 Å². The molecule has 1 N–H and O–H groups in total. The van der Waals surface area contributed by atoms with E-state index in [1.54, 1.807) is 4.90 Å². The number of carbonyl (C=O) groups excluding carboxylic acids is 2. The molecule has 4 rings (SSSR count). The van der Waals surface area contributed by atoms with E-state index in [4.69, 9.17) is 0 Å². The number of para-hydroxylation sites is 1. The highest BCUT2D eigenvalue weighted by molar-refractivity contribution is 8.13. The van der Waals surface area contributed by atoms with Crippen molar-refractivity contribution in [3.63, 3.8) is 0 Å². The van der Waals surface area contributed by atoms with Crippen LogP contribution >= 0.6 is 11.8 Å². The molecule has 0 radical (unpaired) electrons. The Bertz CT molecular complexity index is 842. The Morgan fingerprint density at radius 3 is 2.88 bits per heavy atom. The van der Waals surface area contributed by atoms with Crippen LogP contribution < -0.4 is 0 Å². The van der Waals surface area contributed by atoms with Gasteiger partial charge in [0.25, 0.3) is 5.24 Å². The van der Waals surface area contributed by atoms with Crippen molar-refractivity contribution in [3.8, 4) is 0 Å². The van der Waals surface area contributed by atoms with Gasteiger partial charge in [0.1, 0.15) is 0 Å². The molecule has 1 fully saturated rings. The van der Waals surface area contributed by atoms with Crippen LogP contribution in [0.4, 0.5) is 4.79 Å². The number of hydrogen-bond acceptors (Lipinski definition) is 3. The molecule has 6 heteroatoms. The number of benzene rings is 1. The zero-order chi connectivity index (χ0) is 17.2. The van der Waals surface area contributed by atoms with E-state index < -0.39 is 0 Å². The highest BCUT2D eigenvalue weighted by Gasteiger charge is 2.24. The molecule has 2 aliphatic heterocycles. The summed E-state index contributed by atoms with van der Waals surface area (Å²) in [4.78, 5) is 31.0. The monoisotopic (exact) mass is 355 g/mol. The summed E-state index contributed by atoms with van der Waals surface area (Å²) in [6, 6.07) is 8.29. The molecule has 130 valence electrons. The first kappa shape index (κ1) is 16.3. The van der Waals surface area contributed by atoms with Gasteiger partial charge in [0.2, 0.25) is 5.91 Å². The van der Waals surface area contributed by atoms with Crippen LogP contribution in [0.15, 0.2) is 36.5 Å². The second-order valence-corrected chi connectivity index (χ2v) is 7.46. The van der Waals surface area contributed by atoms with E-state index in [0.717, 1.165) is 30.8 Å². The lowest BCUT2D eigenvalue weighted by molar-refractivity contribution is -0.130. The molecule has 0 atom stereocenters. The van der Waals surface area contributed by atoms with Gasteiger partial charge in [0.05, 0.1) is 0 Å². The summed E-state index contributed by atoms with van der Waals surface area (Å²) in [6.45, 7) is 2.70. The maximum Gasteiger partial charge on any atom is 0.281 e. The number of aromatic nitrogens is 1. The third-order valence-corrected chi connectivity index (χ3v) is 5.83. The number of carbonyl (C=O) groups is 2. The third kappa shape index (κ3) is 3.31. The second kappa shape index (κ2) is 6.96. The smallest absolute Gasteiger partial charge is 0.281 e. The molecular formula is C19H21N3O2S. The van der Waals surface area contributed by atoms with Gasteiger partial charge >= 0.3 is 0 Å². The van der Waals surface area contributed by atoms with E-state index in [2.05, 4.69) is 35.5 Å². The Hall–Kier alpha value is -2.21. The van der Waals surface area contributed by atoms with Crippen molar-refractivity contribution < 1.29 is 9.59 Å². The van der Waals surface area contributed by atoms with Crippen molar-refractivity contribution in [2.45, 2.75) is 12.8 Å². The van der Waals surface area contributed by atoms with Gasteiger partial charge in [-0.15, -0.1) is 0 Å². The van der Waals surface area contributed by atoms with Gasteiger partial charge < -0.3 is 14.8 Å². The number of thioether (sulfide) groups is 1. The zero-order valence-electron chi connectivity index (χ0n) is 14.0. The molecule has 25 heavy (non-hydrogen) atoms. The molecule has 2 amide bonds. The number of rotatable bonds is 4. The molecule has 0 saturated carbocycles. The second-order valence-electron chi connectivity index (χ2n) is 6.42. The van der Waals surface area contributed by atoms with Crippen LogP contribution in [-0.4, -0.2) is 57.9 Å². The minimum Gasteiger partial charge on any atom is -0.361 e. The van der Waals surface area contributed by atoms with E-state index in [1.807, 2.05) is 11.0 Å². The maximum absolute atomic E-state index is 12.4. The van der Waals surface area contributed by atoms with E-state index in [-0.39, 0.29) is 11.1 Å². The van der Waals surface area contributed by atoms with Crippen LogP contribution in [0.3, 0.4) is 0 Å². The van der Waals surface area contributed by atoms with Crippen molar-refractivity contribution in [1.29, 1.82) is 0 Å². The van der Waals surface area contributed by atoms with Gasteiger partial charge in [-0.25, -0.2) is 0 Å². The third-order valence-electron chi connectivity index (χ3n) is 4.94. The van der Waals surface area contributed by atoms with Gasteiger partial charge in [0.15, 0.2) is 0 Å². The summed E-state index contributed by atoms with van der Waals surface area (Å²) in [7, 11) is 0. The molecule has 5 nitrogen and oxygen atoms in total. The van der Waals surface area contributed by atoms with E-state index in [1.165, 1.54) is 28.3 Å². The Morgan fingerprint density at radius 2 is 2.12 bits per heavy atom. The fourth-order valence-corrected chi connectivity index (χ4v) is 4.35. The fourth-order valence-electron chi connectivity index (χ4n) is 3.50. The van der Waals surface area contributed by atoms with Crippen LogP contribution in [0, 0.1) is 0 Å². The molecule has 0 spiro atoms.